The lowest BCUT2D eigenvalue weighted by Gasteiger charge is -2.35. The fourth-order valence-electron chi connectivity index (χ4n) is 2.64. The van der Waals surface area contributed by atoms with Gasteiger partial charge in [0.05, 0.1) is 11.6 Å². The normalized spacial score (nSPS) is 13.5. The fraction of sp³-hybridized carbons (Fsp3) is 0.647. The smallest absolute Gasteiger partial charge is 0.0820 e. The number of nitrogens with one attached hydrogen (secondary N) is 1. The Hall–Kier alpha value is -0.860. The van der Waals surface area contributed by atoms with Gasteiger partial charge in [0.15, 0.2) is 0 Å². The predicted octanol–water partition coefficient (Wildman–Crippen LogP) is 4.10. The molecule has 0 saturated heterocycles. The van der Waals surface area contributed by atoms with E-state index >= 15 is 0 Å². The van der Waals surface area contributed by atoms with Crippen molar-refractivity contribution in [1.29, 1.82) is 0 Å². The van der Waals surface area contributed by atoms with Gasteiger partial charge in [0, 0.05) is 6.61 Å². The summed E-state index contributed by atoms with van der Waals surface area (Å²) in [6.07, 6.45) is 2.33. The van der Waals surface area contributed by atoms with Crippen molar-refractivity contribution in [1.82, 2.24) is 5.32 Å². The first-order valence-electron chi connectivity index (χ1n) is 7.51. The molecule has 0 fully saturated rings. The third-order valence-electron chi connectivity index (χ3n) is 3.44. The molecule has 0 aromatic heterocycles. The van der Waals surface area contributed by atoms with Crippen molar-refractivity contribution in [2.24, 2.45) is 0 Å². The largest absolute Gasteiger partial charge is 0.374 e. The lowest BCUT2D eigenvalue weighted by atomic mass is 9.90. The van der Waals surface area contributed by atoms with Crippen molar-refractivity contribution in [3.05, 3.63) is 35.4 Å². The summed E-state index contributed by atoms with van der Waals surface area (Å²) in [6, 6.07) is 9.12. The quantitative estimate of drug-likeness (QED) is 0.762. The minimum absolute atomic E-state index is 0.199. The summed E-state index contributed by atoms with van der Waals surface area (Å²) in [4.78, 5) is 0. The molecule has 0 aliphatic carbocycles. The predicted molar refractivity (Wildman–Crippen MR) is 82.6 cm³/mol. The van der Waals surface area contributed by atoms with Crippen LogP contribution in [-0.4, -0.2) is 18.8 Å². The van der Waals surface area contributed by atoms with Crippen LogP contribution in [0.15, 0.2) is 24.3 Å². The first-order chi connectivity index (χ1) is 9.05. The Balaban J connectivity index is 3.01. The summed E-state index contributed by atoms with van der Waals surface area (Å²) >= 11 is 0. The minimum atomic E-state index is -0.199. The summed E-state index contributed by atoms with van der Waals surface area (Å²) in [5.74, 6) is 0. The molecule has 1 N–H and O–H groups in total. The highest BCUT2D eigenvalue weighted by Gasteiger charge is 2.30. The molecule has 0 aliphatic rings. The second-order valence-corrected chi connectivity index (χ2v) is 5.52. The summed E-state index contributed by atoms with van der Waals surface area (Å²) in [6.45, 7) is 12.4. The van der Waals surface area contributed by atoms with E-state index in [1.165, 1.54) is 17.5 Å². The zero-order valence-corrected chi connectivity index (χ0v) is 13.1. The highest BCUT2D eigenvalue weighted by atomic mass is 16.5. The highest BCUT2D eigenvalue weighted by molar-refractivity contribution is 5.28. The van der Waals surface area contributed by atoms with Gasteiger partial charge in [-0.05, 0) is 44.9 Å². The maximum atomic E-state index is 5.94. The van der Waals surface area contributed by atoms with E-state index in [1.54, 1.807) is 0 Å². The van der Waals surface area contributed by atoms with Crippen LogP contribution in [0.5, 0.6) is 0 Å². The number of ether oxygens (including phenoxy) is 1. The average molecular weight is 263 g/mol. The van der Waals surface area contributed by atoms with Crippen LogP contribution in [0, 0.1) is 0 Å². The molecular formula is C17H29NO. The van der Waals surface area contributed by atoms with E-state index in [-0.39, 0.29) is 11.6 Å². The SMILES string of the molecule is CCCc1cccc(C(NCC)C(C)(C)OCC)c1. The summed E-state index contributed by atoms with van der Waals surface area (Å²) < 4.78 is 5.94. The van der Waals surface area contributed by atoms with Crippen molar-refractivity contribution in [3.63, 3.8) is 0 Å². The maximum Gasteiger partial charge on any atom is 0.0820 e. The van der Waals surface area contributed by atoms with Crippen LogP contribution in [0.3, 0.4) is 0 Å². The lowest BCUT2D eigenvalue weighted by Crippen LogP contribution is -2.41. The Morgan fingerprint density at radius 3 is 2.53 bits per heavy atom. The van der Waals surface area contributed by atoms with Gasteiger partial charge in [-0.3, -0.25) is 0 Å². The molecule has 0 aliphatic heterocycles. The van der Waals surface area contributed by atoms with Crippen LogP contribution in [0.4, 0.5) is 0 Å². The third kappa shape index (κ3) is 4.63. The van der Waals surface area contributed by atoms with Gasteiger partial charge in [0.1, 0.15) is 0 Å². The van der Waals surface area contributed by atoms with Gasteiger partial charge in [-0.15, -0.1) is 0 Å². The third-order valence-corrected chi connectivity index (χ3v) is 3.44. The van der Waals surface area contributed by atoms with Crippen LogP contribution in [0.25, 0.3) is 0 Å². The number of likely N-dealkylation sites (N-methyl/N-ethyl adjacent to an activating group) is 1. The van der Waals surface area contributed by atoms with Gasteiger partial charge in [-0.25, -0.2) is 0 Å². The molecule has 19 heavy (non-hydrogen) atoms. The highest BCUT2D eigenvalue weighted by Crippen LogP contribution is 2.29. The second-order valence-electron chi connectivity index (χ2n) is 5.52. The van der Waals surface area contributed by atoms with Crippen LogP contribution < -0.4 is 5.32 Å². The van der Waals surface area contributed by atoms with Crippen LogP contribution >= 0.6 is 0 Å². The average Bonchev–Trinajstić information content (AvgIpc) is 2.36. The van der Waals surface area contributed by atoms with Gasteiger partial charge in [0.2, 0.25) is 0 Å². The molecular weight excluding hydrogens is 234 g/mol. The van der Waals surface area contributed by atoms with Crippen LogP contribution in [0.2, 0.25) is 0 Å². The number of rotatable bonds is 8. The van der Waals surface area contributed by atoms with E-state index < -0.39 is 0 Å². The molecule has 1 atom stereocenters. The lowest BCUT2D eigenvalue weighted by molar-refractivity contribution is -0.0388. The van der Waals surface area contributed by atoms with E-state index in [2.05, 4.69) is 64.2 Å². The molecule has 1 rings (SSSR count). The molecule has 2 nitrogen and oxygen atoms in total. The van der Waals surface area contributed by atoms with Crippen molar-refractivity contribution < 1.29 is 4.74 Å². The summed E-state index contributed by atoms with van der Waals surface area (Å²) in [7, 11) is 0. The number of benzene rings is 1. The molecule has 108 valence electrons. The van der Waals surface area contributed by atoms with Crippen molar-refractivity contribution in [3.8, 4) is 0 Å². The minimum Gasteiger partial charge on any atom is -0.374 e. The van der Waals surface area contributed by atoms with Crippen LogP contribution in [-0.2, 0) is 11.2 Å². The summed E-state index contributed by atoms with van der Waals surface area (Å²) in [5, 5.41) is 3.57. The fourth-order valence-corrected chi connectivity index (χ4v) is 2.64. The zero-order valence-electron chi connectivity index (χ0n) is 13.1. The molecule has 1 unspecified atom stereocenters. The van der Waals surface area contributed by atoms with Gasteiger partial charge < -0.3 is 10.1 Å². The van der Waals surface area contributed by atoms with Crippen LogP contribution in [0.1, 0.15) is 58.2 Å². The first-order valence-corrected chi connectivity index (χ1v) is 7.51. The number of aryl methyl sites for hydroxylation is 1. The van der Waals surface area contributed by atoms with Crippen molar-refractivity contribution in [2.45, 2.75) is 59.1 Å². The van der Waals surface area contributed by atoms with Crippen molar-refractivity contribution in [2.75, 3.05) is 13.2 Å². The molecule has 1 aromatic rings. The van der Waals surface area contributed by atoms with Gasteiger partial charge >= 0.3 is 0 Å². The van der Waals surface area contributed by atoms with E-state index in [0.717, 1.165) is 19.6 Å². The van der Waals surface area contributed by atoms with E-state index in [1.807, 2.05) is 0 Å². The van der Waals surface area contributed by atoms with Gasteiger partial charge in [-0.1, -0.05) is 44.5 Å². The molecule has 0 spiro atoms. The molecule has 1 aromatic carbocycles. The Morgan fingerprint density at radius 2 is 1.95 bits per heavy atom. The standard InChI is InChI=1S/C17H29NO/c1-6-10-14-11-9-12-15(13-14)16(18-7-2)17(4,5)19-8-3/h9,11-13,16,18H,6-8,10H2,1-5H3. The first kappa shape index (κ1) is 16.2. The topological polar surface area (TPSA) is 21.3 Å². The Bertz CT molecular complexity index is 373. The van der Waals surface area contributed by atoms with E-state index in [4.69, 9.17) is 4.74 Å². The van der Waals surface area contributed by atoms with Gasteiger partial charge in [-0.2, -0.15) is 0 Å². The van der Waals surface area contributed by atoms with Crippen molar-refractivity contribution >= 4 is 0 Å². The maximum absolute atomic E-state index is 5.94. The van der Waals surface area contributed by atoms with E-state index in [9.17, 15) is 0 Å². The summed E-state index contributed by atoms with van der Waals surface area (Å²) in [5.41, 5.74) is 2.54. The van der Waals surface area contributed by atoms with Gasteiger partial charge in [0.25, 0.3) is 0 Å². The molecule has 0 bridgehead atoms. The number of hydrogen-bond donors (Lipinski definition) is 1. The molecule has 0 radical (unpaired) electrons. The Kier molecular flexibility index (Phi) is 6.53. The Morgan fingerprint density at radius 1 is 1.21 bits per heavy atom. The monoisotopic (exact) mass is 263 g/mol. The Labute approximate surface area is 118 Å². The molecule has 2 heteroatoms. The zero-order chi connectivity index (χ0) is 14.3. The molecule has 0 saturated carbocycles. The molecule has 0 amide bonds. The second kappa shape index (κ2) is 7.66. The van der Waals surface area contributed by atoms with E-state index in [0.29, 0.717) is 0 Å². The molecule has 0 heterocycles. The number of hydrogen-bond acceptors (Lipinski definition) is 2.